The number of nitrogens with one attached hydrogen (secondary N) is 1. The minimum absolute atomic E-state index is 0.163. The molecule has 82 valence electrons. The summed E-state index contributed by atoms with van der Waals surface area (Å²) >= 11 is 0. The molecular formula is C12H17FN2. The van der Waals surface area contributed by atoms with Crippen molar-refractivity contribution in [2.24, 2.45) is 0 Å². The van der Waals surface area contributed by atoms with Gasteiger partial charge in [-0.25, -0.2) is 4.39 Å². The molecule has 1 aromatic rings. The van der Waals surface area contributed by atoms with Gasteiger partial charge in [-0.3, -0.25) is 4.98 Å². The zero-order chi connectivity index (χ0) is 11.1. The minimum Gasteiger partial charge on any atom is -0.309 e. The SMILES string of the molecule is C/C=C/CCNC(C)c1ccc(F)cn1. The third kappa shape index (κ3) is 4.21. The van der Waals surface area contributed by atoms with Crippen LogP contribution in [0.1, 0.15) is 32.0 Å². The second-order valence-electron chi connectivity index (χ2n) is 3.43. The normalized spacial score (nSPS) is 13.3. The van der Waals surface area contributed by atoms with E-state index in [4.69, 9.17) is 0 Å². The third-order valence-electron chi connectivity index (χ3n) is 2.19. The Morgan fingerprint density at radius 1 is 1.53 bits per heavy atom. The lowest BCUT2D eigenvalue weighted by molar-refractivity contribution is 0.560. The van der Waals surface area contributed by atoms with Crippen LogP contribution in [-0.2, 0) is 0 Å². The molecule has 15 heavy (non-hydrogen) atoms. The summed E-state index contributed by atoms with van der Waals surface area (Å²) in [6, 6.07) is 3.31. The van der Waals surface area contributed by atoms with Gasteiger partial charge in [0, 0.05) is 6.04 Å². The fraction of sp³-hybridized carbons (Fsp3) is 0.417. The van der Waals surface area contributed by atoms with Crippen molar-refractivity contribution >= 4 is 0 Å². The summed E-state index contributed by atoms with van der Waals surface area (Å²) in [5.41, 5.74) is 0.872. The van der Waals surface area contributed by atoms with Gasteiger partial charge in [0.1, 0.15) is 5.82 Å². The molecule has 0 saturated heterocycles. The molecule has 0 aliphatic heterocycles. The Morgan fingerprint density at radius 3 is 2.93 bits per heavy atom. The zero-order valence-electron chi connectivity index (χ0n) is 9.20. The maximum Gasteiger partial charge on any atom is 0.141 e. The van der Waals surface area contributed by atoms with Gasteiger partial charge < -0.3 is 5.32 Å². The van der Waals surface area contributed by atoms with Crippen LogP contribution in [0.2, 0.25) is 0 Å². The van der Waals surface area contributed by atoms with Crippen molar-refractivity contribution in [2.75, 3.05) is 6.54 Å². The van der Waals surface area contributed by atoms with E-state index in [0.717, 1.165) is 18.7 Å². The van der Waals surface area contributed by atoms with Gasteiger partial charge in [0.25, 0.3) is 0 Å². The summed E-state index contributed by atoms with van der Waals surface area (Å²) < 4.78 is 12.6. The first kappa shape index (κ1) is 11.9. The number of aromatic nitrogens is 1. The van der Waals surface area contributed by atoms with Crippen LogP contribution in [0.4, 0.5) is 4.39 Å². The van der Waals surface area contributed by atoms with E-state index in [1.165, 1.54) is 12.3 Å². The second kappa shape index (κ2) is 6.30. The maximum absolute atomic E-state index is 12.6. The van der Waals surface area contributed by atoms with Crippen LogP contribution < -0.4 is 5.32 Å². The highest BCUT2D eigenvalue weighted by Gasteiger charge is 2.04. The number of rotatable bonds is 5. The van der Waals surface area contributed by atoms with Crippen LogP contribution in [0.5, 0.6) is 0 Å². The molecule has 0 bridgehead atoms. The van der Waals surface area contributed by atoms with Crippen LogP contribution in [-0.4, -0.2) is 11.5 Å². The number of allylic oxidation sites excluding steroid dienone is 1. The van der Waals surface area contributed by atoms with Crippen molar-refractivity contribution < 1.29 is 4.39 Å². The standard InChI is InChI=1S/C12H17FN2/c1-3-4-5-8-14-10(2)12-7-6-11(13)9-15-12/h3-4,6-7,9-10,14H,5,8H2,1-2H3/b4-3+. The Hall–Kier alpha value is -1.22. The molecule has 0 aliphatic rings. The highest BCUT2D eigenvalue weighted by molar-refractivity contribution is 5.08. The van der Waals surface area contributed by atoms with Gasteiger partial charge >= 0.3 is 0 Å². The Bertz CT molecular complexity index is 306. The van der Waals surface area contributed by atoms with E-state index >= 15 is 0 Å². The molecule has 1 unspecified atom stereocenters. The maximum atomic E-state index is 12.6. The Kier molecular flexibility index (Phi) is 4.98. The van der Waals surface area contributed by atoms with E-state index < -0.39 is 0 Å². The molecule has 1 rings (SSSR count). The topological polar surface area (TPSA) is 24.9 Å². The summed E-state index contributed by atoms with van der Waals surface area (Å²) in [5.74, 6) is -0.292. The van der Waals surface area contributed by atoms with Crippen molar-refractivity contribution in [1.82, 2.24) is 10.3 Å². The van der Waals surface area contributed by atoms with Gasteiger partial charge in [-0.15, -0.1) is 0 Å². The number of halogens is 1. The molecule has 0 spiro atoms. The van der Waals surface area contributed by atoms with Crippen LogP contribution in [0.3, 0.4) is 0 Å². The predicted octanol–water partition coefficient (Wildman–Crippen LogP) is 2.84. The summed E-state index contributed by atoms with van der Waals surface area (Å²) in [6.45, 7) is 4.94. The molecule has 1 N–H and O–H groups in total. The van der Waals surface area contributed by atoms with E-state index in [-0.39, 0.29) is 11.9 Å². The van der Waals surface area contributed by atoms with Crippen molar-refractivity contribution in [3.63, 3.8) is 0 Å². The Balaban J connectivity index is 2.39. The molecule has 1 heterocycles. The summed E-state index contributed by atoms with van der Waals surface area (Å²) in [7, 11) is 0. The number of hydrogen-bond acceptors (Lipinski definition) is 2. The predicted molar refractivity (Wildman–Crippen MR) is 60.0 cm³/mol. The summed E-state index contributed by atoms with van der Waals surface area (Å²) in [4.78, 5) is 4.02. The summed E-state index contributed by atoms with van der Waals surface area (Å²) in [6.07, 6.45) is 6.39. The van der Waals surface area contributed by atoms with Gasteiger partial charge in [0.2, 0.25) is 0 Å². The monoisotopic (exact) mass is 208 g/mol. The third-order valence-corrected chi connectivity index (χ3v) is 2.19. The zero-order valence-corrected chi connectivity index (χ0v) is 9.20. The summed E-state index contributed by atoms with van der Waals surface area (Å²) in [5, 5.41) is 3.32. The molecule has 0 amide bonds. The van der Waals surface area contributed by atoms with Crippen LogP contribution in [0, 0.1) is 5.82 Å². The number of pyridine rings is 1. The van der Waals surface area contributed by atoms with Gasteiger partial charge in [0.15, 0.2) is 0 Å². The van der Waals surface area contributed by atoms with E-state index in [0.29, 0.717) is 0 Å². The van der Waals surface area contributed by atoms with Crippen molar-refractivity contribution in [3.8, 4) is 0 Å². The van der Waals surface area contributed by atoms with Crippen molar-refractivity contribution in [1.29, 1.82) is 0 Å². The van der Waals surface area contributed by atoms with Crippen molar-refractivity contribution in [3.05, 3.63) is 42.0 Å². The van der Waals surface area contributed by atoms with Crippen LogP contribution in [0.15, 0.2) is 30.5 Å². The number of nitrogens with zero attached hydrogens (tertiary/aromatic N) is 1. The smallest absolute Gasteiger partial charge is 0.141 e. The van der Waals surface area contributed by atoms with Gasteiger partial charge in [-0.1, -0.05) is 12.2 Å². The fourth-order valence-corrected chi connectivity index (χ4v) is 1.30. The molecule has 0 radical (unpaired) electrons. The Labute approximate surface area is 90.2 Å². The highest BCUT2D eigenvalue weighted by atomic mass is 19.1. The minimum atomic E-state index is -0.292. The fourth-order valence-electron chi connectivity index (χ4n) is 1.30. The molecule has 1 atom stereocenters. The second-order valence-corrected chi connectivity index (χ2v) is 3.43. The number of hydrogen-bond donors (Lipinski definition) is 1. The lowest BCUT2D eigenvalue weighted by atomic mass is 10.2. The first-order valence-electron chi connectivity index (χ1n) is 5.20. The lowest BCUT2D eigenvalue weighted by Gasteiger charge is -2.12. The molecule has 2 nitrogen and oxygen atoms in total. The molecular weight excluding hydrogens is 191 g/mol. The van der Waals surface area contributed by atoms with E-state index in [1.807, 2.05) is 19.9 Å². The van der Waals surface area contributed by atoms with Crippen molar-refractivity contribution in [2.45, 2.75) is 26.3 Å². The molecule has 0 aliphatic carbocycles. The largest absolute Gasteiger partial charge is 0.309 e. The molecule has 0 aromatic carbocycles. The van der Waals surface area contributed by atoms with Gasteiger partial charge in [-0.05, 0) is 38.9 Å². The lowest BCUT2D eigenvalue weighted by Crippen LogP contribution is -2.20. The Morgan fingerprint density at radius 2 is 2.33 bits per heavy atom. The molecule has 0 fully saturated rings. The van der Waals surface area contributed by atoms with E-state index in [9.17, 15) is 4.39 Å². The van der Waals surface area contributed by atoms with Gasteiger partial charge in [0.05, 0.1) is 11.9 Å². The average Bonchev–Trinajstić information content (AvgIpc) is 2.25. The van der Waals surface area contributed by atoms with Gasteiger partial charge in [-0.2, -0.15) is 0 Å². The van der Waals surface area contributed by atoms with E-state index in [2.05, 4.69) is 16.4 Å². The van der Waals surface area contributed by atoms with E-state index in [1.54, 1.807) is 6.07 Å². The quantitative estimate of drug-likeness (QED) is 0.594. The molecule has 0 saturated carbocycles. The average molecular weight is 208 g/mol. The first-order chi connectivity index (χ1) is 7.24. The first-order valence-corrected chi connectivity index (χ1v) is 5.20. The molecule has 3 heteroatoms. The highest BCUT2D eigenvalue weighted by Crippen LogP contribution is 2.08. The molecule has 1 aromatic heterocycles. The van der Waals surface area contributed by atoms with Crippen LogP contribution in [0.25, 0.3) is 0 Å². The van der Waals surface area contributed by atoms with Crippen LogP contribution >= 0.6 is 0 Å².